The van der Waals surface area contributed by atoms with E-state index in [0.29, 0.717) is 0 Å². The van der Waals surface area contributed by atoms with E-state index in [-0.39, 0.29) is 5.72 Å². The number of aliphatic carboxylic acids is 1. The van der Waals surface area contributed by atoms with Crippen molar-refractivity contribution >= 4 is 5.97 Å². The summed E-state index contributed by atoms with van der Waals surface area (Å²) in [6.45, 7) is 3.15. The Kier molecular flexibility index (Phi) is 1.37. The van der Waals surface area contributed by atoms with E-state index >= 15 is 0 Å². The van der Waals surface area contributed by atoms with Crippen LogP contribution in [0, 0.1) is 5.92 Å². The lowest BCUT2D eigenvalue weighted by Crippen LogP contribution is -2.31. The third kappa shape index (κ3) is 3.97. The quantitative estimate of drug-likeness (QED) is 0.588. The molecule has 9 heavy (non-hydrogen) atoms. The molecular weight excluding hydrogens is 118 g/mol. The van der Waals surface area contributed by atoms with Gasteiger partial charge in [-0.15, -0.1) is 0 Å². The van der Waals surface area contributed by atoms with Crippen LogP contribution in [-0.2, 0) is 4.79 Å². The average molecular weight is 135 g/mol. The second-order valence-electron chi connectivity index (χ2n) is 2.10. The van der Waals surface area contributed by atoms with Crippen LogP contribution in [0.3, 0.4) is 0 Å². The second kappa shape index (κ2) is 3.45. The van der Waals surface area contributed by atoms with Crippen molar-refractivity contribution < 1.29 is 15.5 Å². The lowest BCUT2D eigenvalue weighted by Gasteiger charge is -2.07. The van der Waals surface area contributed by atoms with E-state index in [1.807, 2.05) is 0 Å². The van der Waals surface area contributed by atoms with Crippen LogP contribution >= 0.6 is 0 Å². The summed E-state index contributed by atoms with van der Waals surface area (Å²) in [4.78, 5) is 10.6. The monoisotopic (exact) mass is 135 g/mol. The summed E-state index contributed by atoms with van der Waals surface area (Å²) in [7, 11) is 0. The first-order valence-electron chi connectivity index (χ1n) is 4.65. The van der Waals surface area contributed by atoms with Crippen LogP contribution in [-0.4, -0.2) is 17.1 Å². The van der Waals surface area contributed by atoms with E-state index in [1.165, 1.54) is 0 Å². The highest BCUT2D eigenvalue weighted by Gasteiger charge is 2.11. The van der Waals surface area contributed by atoms with E-state index in [1.54, 1.807) is 13.8 Å². The molecule has 2 atom stereocenters. The standard InChI is InChI=1S/C6H13NO2/c1-4(2)3-5(7)6(8)9/h4-5H,3,7H2,1-2H3,(H,8,9)/t5-/m0/s1/i3D,5D/hD2/t3?,5-. The fourth-order valence-electron chi connectivity index (χ4n) is 0.387. The summed E-state index contributed by atoms with van der Waals surface area (Å²) in [5, 5.41) is 8.63. The van der Waals surface area contributed by atoms with E-state index in [4.69, 9.17) is 10.7 Å². The Bertz CT molecular complexity index is 199. The molecule has 3 heteroatoms. The van der Waals surface area contributed by atoms with Gasteiger partial charge in [-0.25, -0.2) is 0 Å². The van der Waals surface area contributed by atoms with Crippen molar-refractivity contribution in [3.05, 3.63) is 0 Å². The number of nitrogens with two attached hydrogens (primary N) is 1. The Morgan fingerprint density at radius 3 is 2.78 bits per heavy atom. The number of carboxylic acid groups (broad SMARTS) is 1. The molecule has 0 fully saturated rings. The first-order chi connectivity index (χ1) is 5.74. The minimum Gasteiger partial charge on any atom is -0.480 e. The summed E-state index contributed by atoms with van der Waals surface area (Å²) in [5.41, 5.74) is -0.243. The molecule has 0 aromatic rings. The first kappa shape index (κ1) is 3.56. The SMILES string of the molecule is [2H]C(C(C)C)[C@@]([2H])(C(=O)O)N([2H])[2H]. The highest BCUT2D eigenvalue weighted by atomic mass is 16.4. The highest BCUT2D eigenvalue weighted by Crippen LogP contribution is 2.01. The number of carbonyl (C=O) groups is 1. The molecule has 0 aliphatic carbocycles. The molecule has 54 valence electrons. The van der Waals surface area contributed by atoms with E-state index in [0.717, 1.165) is 0 Å². The lowest BCUT2D eigenvalue weighted by molar-refractivity contribution is -0.138. The van der Waals surface area contributed by atoms with Gasteiger partial charge in [-0.05, 0) is 12.3 Å². The van der Waals surface area contributed by atoms with Crippen molar-refractivity contribution in [2.24, 2.45) is 11.6 Å². The van der Waals surface area contributed by atoms with Crippen molar-refractivity contribution in [3.63, 3.8) is 0 Å². The number of rotatable bonds is 4. The Balaban J connectivity index is 4.90. The van der Waals surface area contributed by atoms with Crippen LogP contribution in [0.2, 0.25) is 2.82 Å². The van der Waals surface area contributed by atoms with Crippen LogP contribution in [0.1, 0.15) is 23.0 Å². The molecule has 0 bridgehead atoms. The van der Waals surface area contributed by atoms with E-state index in [2.05, 4.69) is 0 Å². The van der Waals surface area contributed by atoms with Crippen molar-refractivity contribution in [3.8, 4) is 0 Å². The smallest absolute Gasteiger partial charge is 0.320 e. The first-order valence-corrected chi connectivity index (χ1v) is 2.68. The Hall–Kier alpha value is -0.570. The average Bonchev–Trinajstić information content (AvgIpc) is 2.00. The molecule has 0 aromatic carbocycles. The molecule has 3 N–H and O–H groups in total. The van der Waals surface area contributed by atoms with Crippen LogP contribution in [0.15, 0.2) is 0 Å². The zero-order chi connectivity index (χ0) is 10.8. The molecule has 0 saturated heterocycles. The van der Waals surface area contributed by atoms with Crippen LogP contribution in [0.4, 0.5) is 0 Å². The summed E-state index contributed by atoms with van der Waals surface area (Å²) in [5.74, 6) is -2.04. The summed E-state index contributed by atoms with van der Waals surface area (Å²) in [6, 6.07) is -2.52. The summed E-state index contributed by atoms with van der Waals surface area (Å²) < 4.78 is 28.3. The third-order valence-electron chi connectivity index (χ3n) is 0.710. The van der Waals surface area contributed by atoms with Gasteiger partial charge in [0.05, 0.1) is 1.37 Å². The van der Waals surface area contributed by atoms with Crippen molar-refractivity contribution in [2.45, 2.75) is 26.3 Å². The molecule has 0 radical (unpaired) electrons. The molecule has 0 aromatic heterocycles. The topological polar surface area (TPSA) is 63.3 Å². The molecular formula is C6H13NO2. The molecule has 0 aliphatic heterocycles. The summed E-state index contributed by atoms with van der Waals surface area (Å²) in [6.07, 6.45) is -1.33. The van der Waals surface area contributed by atoms with Gasteiger partial charge in [0.2, 0.25) is 0 Å². The van der Waals surface area contributed by atoms with Gasteiger partial charge in [-0.1, -0.05) is 13.8 Å². The Morgan fingerprint density at radius 1 is 2.11 bits per heavy atom. The van der Waals surface area contributed by atoms with Gasteiger partial charge in [0, 0.05) is 1.37 Å². The largest absolute Gasteiger partial charge is 0.480 e. The highest BCUT2D eigenvalue weighted by molar-refractivity contribution is 5.72. The normalized spacial score (nSPS) is 27.6. The zero-order valence-corrected chi connectivity index (χ0v) is 5.46. The fraction of sp³-hybridized carbons (Fsp3) is 0.833. The number of carboxylic acids is 1. The van der Waals surface area contributed by atoms with Gasteiger partial charge in [-0.2, -0.15) is 0 Å². The van der Waals surface area contributed by atoms with Gasteiger partial charge in [0.25, 0.3) is 0 Å². The molecule has 1 unspecified atom stereocenters. The molecule has 0 spiro atoms. The maximum atomic E-state index is 10.6. The van der Waals surface area contributed by atoms with Crippen molar-refractivity contribution in [1.29, 1.82) is 0 Å². The maximum absolute atomic E-state index is 10.6. The van der Waals surface area contributed by atoms with Gasteiger partial charge >= 0.3 is 5.97 Å². The lowest BCUT2D eigenvalue weighted by atomic mass is 10.1. The zero-order valence-electron chi connectivity index (χ0n) is 9.46. The Morgan fingerprint density at radius 2 is 2.67 bits per heavy atom. The molecule has 0 rings (SSSR count). The molecule has 0 saturated carbocycles. The van der Waals surface area contributed by atoms with Gasteiger partial charge in [0.15, 0.2) is 0 Å². The van der Waals surface area contributed by atoms with Gasteiger partial charge in [0.1, 0.15) is 8.84 Å². The Labute approximate surface area is 60.6 Å². The third-order valence-corrected chi connectivity index (χ3v) is 0.710. The molecule has 0 heterocycles. The predicted octanol–water partition coefficient (Wildman–Crippen LogP) is 0.444. The minimum absolute atomic E-state index is 0.243. The second-order valence-corrected chi connectivity index (χ2v) is 2.10. The molecule has 0 aliphatic rings. The van der Waals surface area contributed by atoms with Crippen molar-refractivity contribution in [2.75, 3.05) is 0 Å². The predicted molar refractivity (Wildman–Crippen MR) is 35.1 cm³/mol. The van der Waals surface area contributed by atoms with Crippen LogP contribution < -0.4 is 5.72 Å². The molecule has 0 amide bonds. The van der Waals surface area contributed by atoms with Gasteiger partial charge < -0.3 is 10.8 Å². The van der Waals surface area contributed by atoms with Crippen LogP contribution in [0.25, 0.3) is 0 Å². The number of hydrogen-bond acceptors (Lipinski definition) is 2. The van der Waals surface area contributed by atoms with Crippen molar-refractivity contribution in [1.82, 2.24) is 0 Å². The fourth-order valence-corrected chi connectivity index (χ4v) is 0.387. The number of hydrogen-bond donors (Lipinski definition) is 2. The minimum atomic E-state index is -2.52. The van der Waals surface area contributed by atoms with E-state index < -0.39 is 24.3 Å². The van der Waals surface area contributed by atoms with Crippen LogP contribution in [0.5, 0.6) is 0 Å². The summed E-state index contributed by atoms with van der Waals surface area (Å²) >= 11 is 0. The van der Waals surface area contributed by atoms with Gasteiger partial charge in [-0.3, -0.25) is 4.79 Å². The molecule has 3 nitrogen and oxygen atoms in total. The maximum Gasteiger partial charge on any atom is 0.320 e. The van der Waals surface area contributed by atoms with E-state index in [9.17, 15) is 4.79 Å².